The summed E-state index contributed by atoms with van der Waals surface area (Å²) >= 11 is 0. The summed E-state index contributed by atoms with van der Waals surface area (Å²) in [5.74, 6) is 1.50. The lowest BCUT2D eigenvalue weighted by atomic mass is 10.1. The molecule has 128 valence electrons. The highest BCUT2D eigenvalue weighted by Crippen LogP contribution is 2.21. The first-order valence-electron chi connectivity index (χ1n) is 8.02. The van der Waals surface area contributed by atoms with Crippen molar-refractivity contribution in [1.82, 2.24) is 4.90 Å². The number of carbonyl (C=O) groups is 1. The van der Waals surface area contributed by atoms with E-state index in [9.17, 15) is 4.79 Å². The molecule has 4 nitrogen and oxygen atoms in total. The molecule has 0 heterocycles. The number of carbonyl (C=O) groups excluding carboxylic acids is 1. The molecule has 24 heavy (non-hydrogen) atoms. The highest BCUT2D eigenvalue weighted by Gasteiger charge is 2.20. The van der Waals surface area contributed by atoms with E-state index in [4.69, 9.17) is 9.47 Å². The number of aryl methyl sites for hydroxylation is 2. The van der Waals surface area contributed by atoms with Crippen LogP contribution < -0.4 is 9.47 Å². The Morgan fingerprint density at radius 2 is 1.79 bits per heavy atom. The maximum absolute atomic E-state index is 12.5. The van der Waals surface area contributed by atoms with Crippen LogP contribution in [0.2, 0.25) is 0 Å². The number of rotatable bonds is 6. The van der Waals surface area contributed by atoms with Crippen molar-refractivity contribution >= 4 is 5.91 Å². The lowest BCUT2D eigenvalue weighted by molar-refractivity contribution is -0.137. The molecule has 1 atom stereocenters. The number of nitrogens with zero attached hydrogens (tertiary/aromatic N) is 1. The molecule has 0 saturated carbocycles. The Balaban J connectivity index is 1.98. The molecular weight excluding hydrogens is 302 g/mol. The van der Waals surface area contributed by atoms with Gasteiger partial charge in [0.25, 0.3) is 5.91 Å². The van der Waals surface area contributed by atoms with Crippen LogP contribution in [0.3, 0.4) is 0 Å². The van der Waals surface area contributed by atoms with Crippen LogP contribution in [0.1, 0.15) is 23.6 Å². The van der Waals surface area contributed by atoms with Crippen molar-refractivity contribution in [1.29, 1.82) is 0 Å². The number of benzene rings is 2. The van der Waals surface area contributed by atoms with Crippen molar-refractivity contribution in [2.75, 3.05) is 14.2 Å². The van der Waals surface area contributed by atoms with Crippen LogP contribution >= 0.6 is 0 Å². The van der Waals surface area contributed by atoms with Crippen molar-refractivity contribution in [3.05, 3.63) is 59.2 Å². The Labute approximate surface area is 144 Å². The smallest absolute Gasteiger partial charge is 0.263 e. The Bertz CT molecular complexity index is 695. The van der Waals surface area contributed by atoms with Gasteiger partial charge in [-0.2, -0.15) is 0 Å². The third-order valence-corrected chi connectivity index (χ3v) is 3.94. The summed E-state index contributed by atoms with van der Waals surface area (Å²) in [6.45, 7) is 6.34. The van der Waals surface area contributed by atoms with Gasteiger partial charge in [0.1, 0.15) is 11.5 Å². The molecule has 0 fully saturated rings. The van der Waals surface area contributed by atoms with E-state index in [-0.39, 0.29) is 5.91 Å². The second-order valence-corrected chi connectivity index (χ2v) is 6.07. The van der Waals surface area contributed by atoms with Crippen LogP contribution in [-0.4, -0.2) is 31.1 Å². The number of hydrogen-bond acceptors (Lipinski definition) is 3. The lowest BCUT2D eigenvalue weighted by Crippen LogP contribution is -2.37. The largest absolute Gasteiger partial charge is 0.497 e. The van der Waals surface area contributed by atoms with E-state index in [1.165, 1.54) is 5.56 Å². The van der Waals surface area contributed by atoms with Crippen LogP contribution in [0.4, 0.5) is 0 Å². The molecule has 0 aliphatic carbocycles. The molecule has 0 unspecified atom stereocenters. The van der Waals surface area contributed by atoms with E-state index in [1.807, 2.05) is 56.3 Å². The van der Waals surface area contributed by atoms with Crippen molar-refractivity contribution in [2.24, 2.45) is 0 Å². The Morgan fingerprint density at radius 1 is 1.12 bits per heavy atom. The summed E-state index contributed by atoms with van der Waals surface area (Å²) in [7, 11) is 3.42. The van der Waals surface area contributed by atoms with E-state index < -0.39 is 6.10 Å². The maximum atomic E-state index is 12.5. The number of hydrogen-bond donors (Lipinski definition) is 0. The van der Waals surface area contributed by atoms with Crippen LogP contribution in [-0.2, 0) is 11.3 Å². The van der Waals surface area contributed by atoms with Gasteiger partial charge in [-0.15, -0.1) is 0 Å². The summed E-state index contributed by atoms with van der Waals surface area (Å²) in [6, 6.07) is 13.6. The minimum absolute atomic E-state index is 0.0502. The van der Waals surface area contributed by atoms with Gasteiger partial charge in [0, 0.05) is 13.6 Å². The predicted molar refractivity (Wildman–Crippen MR) is 95.5 cm³/mol. The standard InChI is InChI=1S/C20H25NO3/c1-14-6-11-19(15(2)12-14)24-16(3)20(22)21(4)13-17-7-9-18(23-5)10-8-17/h6-12,16H,13H2,1-5H3/t16-/m0/s1. The van der Waals surface area contributed by atoms with E-state index in [0.29, 0.717) is 6.54 Å². The van der Waals surface area contributed by atoms with Gasteiger partial charge in [0.05, 0.1) is 7.11 Å². The Kier molecular flexibility index (Phi) is 5.85. The fourth-order valence-corrected chi connectivity index (χ4v) is 2.57. The quantitative estimate of drug-likeness (QED) is 0.811. The minimum atomic E-state index is -0.533. The SMILES string of the molecule is COc1ccc(CN(C)C(=O)[C@H](C)Oc2ccc(C)cc2C)cc1. The zero-order chi connectivity index (χ0) is 17.7. The van der Waals surface area contributed by atoms with Gasteiger partial charge < -0.3 is 14.4 Å². The van der Waals surface area contributed by atoms with Crippen molar-refractivity contribution < 1.29 is 14.3 Å². The number of methoxy groups -OCH3 is 1. The highest BCUT2D eigenvalue weighted by molar-refractivity contribution is 5.80. The second kappa shape index (κ2) is 7.86. The Morgan fingerprint density at radius 3 is 2.38 bits per heavy atom. The normalized spacial score (nSPS) is 11.7. The molecule has 0 radical (unpaired) electrons. The van der Waals surface area contributed by atoms with Crippen molar-refractivity contribution in [3.63, 3.8) is 0 Å². The fraction of sp³-hybridized carbons (Fsp3) is 0.350. The average Bonchev–Trinajstić information content (AvgIpc) is 2.57. The summed E-state index contributed by atoms with van der Waals surface area (Å²) in [6.07, 6.45) is -0.533. The molecule has 1 amide bonds. The summed E-state index contributed by atoms with van der Waals surface area (Å²) < 4.78 is 11.0. The van der Waals surface area contributed by atoms with Gasteiger partial charge in [0.15, 0.2) is 6.10 Å². The summed E-state index contributed by atoms with van der Waals surface area (Å²) in [4.78, 5) is 14.2. The van der Waals surface area contributed by atoms with E-state index >= 15 is 0 Å². The summed E-state index contributed by atoms with van der Waals surface area (Å²) in [5.41, 5.74) is 3.26. The fourth-order valence-electron chi connectivity index (χ4n) is 2.57. The van der Waals surface area contributed by atoms with E-state index in [0.717, 1.165) is 22.6 Å². The molecule has 2 aromatic carbocycles. The third-order valence-electron chi connectivity index (χ3n) is 3.94. The van der Waals surface area contributed by atoms with Gasteiger partial charge in [-0.25, -0.2) is 0 Å². The van der Waals surface area contributed by atoms with Gasteiger partial charge in [-0.3, -0.25) is 4.79 Å². The molecule has 0 aliphatic rings. The van der Waals surface area contributed by atoms with Crippen LogP contribution in [0.25, 0.3) is 0 Å². The first-order chi connectivity index (χ1) is 11.4. The second-order valence-electron chi connectivity index (χ2n) is 6.07. The molecule has 0 aliphatic heterocycles. The summed E-state index contributed by atoms with van der Waals surface area (Å²) in [5, 5.41) is 0. The van der Waals surface area contributed by atoms with Gasteiger partial charge >= 0.3 is 0 Å². The molecule has 4 heteroatoms. The first-order valence-corrected chi connectivity index (χ1v) is 8.02. The van der Waals surface area contributed by atoms with E-state index in [1.54, 1.807) is 26.0 Å². The maximum Gasteiger partial charge on any atom is 0.263 e. The minimum Gasteiger partial charge on any atom is -0.497 e. The van der Waals surface area contributed by atoms with Gasteiger partial charge in [-0.1, -0.05) is 29.8 Å². The zero-order valence-corrected chi connectivity index (χ0v) is 15.0. The monoisotopic (exact) mass is 327 g/mol. The molecule has 0 bridgehead atoms. The third kappa shape index (κ3) is 4.51. The number of amides is 1. The first kappa shape index (κ1) is 17.9. The molecular formula is C20H25NO3. The van der Waals surface area contributed by atoms with Gasteiger partial charge in [0.2, 0.25) is 0 Å². The molecule has 2 rings (SSSR count). The molecule has 0 aromatic heterocycles. The van der Waals surface area contributed by atoms with Crippen LogP contribution in [0.5, 0.6) is 11.5 Å². The highest BCUT2D eigenvalue weighted by atomic mass is 16.5. The van der Waals surface area contributed by atoms with Crippen LogP contribution in [0.15, 0.2) is 42.5 Å². The van der Waals surface area contributed by atoms with Crippen LogP contribution in [0, 0.1) is 13.8 Å². The molecule has 0 saturated heterocycles. The number of ether oxygens (including phenoxy) is 2. The zero-order valence-electron chi connectivity index (χ0n) is 15.0. The molecule has 2 aromatic rings. The predicted octanol–water partition coefficient (Wildman–Crippen LogP) is 3.74. The van der Waals surface area contributed by atoms with Gasteiger partial charge in [-0.05, 0) is 50.1 Å². The Hall–Kier alpha value is -2.49. The average molecular weight is 327 g/mol. The lowest BCUT2D eigenvalue weighted by Gasteiger charge is -2.23. The van der Waals surface area contributed by atoms with Crippen molar-refractivity contribution in [3.8, 4) is 11.5 Å². The van der Waals surface area contributed by atoms with E-state index in [2.05, 4.69) is 0 Å². The number of likely N-dealkylation sites (N-methyl/N-ethyl adjacent to an activating group) is 1. The topological polar surface area (TPSA) is 38.8 Å². The molecule has 0 N–H and O–H groups in total. The molecule has 0 spiro atoms. The van der Waals surface area contributed by atoms with Crippen molar-refractivity contribution in [2.45, 2.75) is 33.4 Å².